The van der Waals surface area contributed by atoms with Gasteiger partial charge in [0, 0.05) is 66.9 Å². The number of fused-ring (bicyclic) bond motifs is 1. The molecule has 1 amide bonds. The number of furan rings is 1. The first-order valence-electron chi connectivity index (χ1n) is 12.7. The molecule has 192 valence electrons. The maximum absolute atomic E-state index is 11.7. The van der Waals surface area contributed by atoms with Crippen molar-refractivity contribution in [2.45, 2.75) is 32.4 Å². The van der Waals surface area contributed by atoms with Gasteiger partial charge >= 0.3 is 0 Å². The standard InChI is InChI=1S/C29H28N6O3/c1-19(36)34-11-7-23(8-12-34)35-17-22(15-33-35)26-16-32-29(30)28-25(26)14-27(38-28)21-3-2-4-24(13-21)37-18-20-5-9-31-10-6-20/h2-6,9-10,13-17,23H,7-8,11-12,18H2,1H3,(H2,30,32). The Morgan fingerprint density at radius 2 is 1.92 bits per heavy atom. The van der Waals surface area contributed by atoms with Crippen molar-refractivity contribution in [1.29, 1.82) is 0 Å². The first-order chi connectivity index (χ1) is 18.5. The van der Waals surface area contributed by atoms with Crippen molar-refractivity contribution >= 4 is 22.7 Å². The van der Waals surface area contributed by atoms with Crippen LogP contribution in [0.5, 0.6) is 5.75 Å². The van der Waals surface area contributed by atoms with Crippen LogP contribution in [0.3, 0.4) is 0 Å². The lowest BCUT2D eigenvalue weighted by Crippen LogP contribution is -2.37. The van der Waals surface area contributed by atoms with E-state index in [1.165, 1.54) is 0 Å². The van der Waals surface area contributed by atoms with Crippen molar-refractivity contribution < 1.29 is 13.9 Å². The fraction of sp³-hybridized carbons (Fsp3) is 0.241. The summed E-state index contributed by atoms with van der Waals surface area (Å²) in [6.45, 7) is 3.57. The number of hydrogen-bond donors (Lipinski definition) is 1. The van der Waals surface area contributed by atoms with Crippen molar-refractivity contribution in [3.8, 4) is 28.2 Å². The average Bonchev–Trinajstić information content (AvgIpc) is 3.62. The number of carbonyl (C=O) groups is 1. The summed E-state index contributed by atoms with van der Waals surface area (Å²) in [7, 11) is 0. The van der Waals surface area contributed by atoms with Crippen molar-refractivity contribution in [1.82, 2.24) is 24.6 Å². The van der Waals surface area contributed by atoms with Gasteiger partial charge < -0.3 is 19.8 Å². The molecule has 1 aliphatic heterocycles. The summed E-state index contributed by atoms with van der Waals surface area (Å²) in [4.78, 5) is 22.0. The summed E-state index contributed by atoms with van der Waals surface area (Å²) in [5.74, 6) is 1.88. The number of rotatable bonds is 6. The van der Waals surface area contributed by atoms with E-state index in [1.54, 1.807) is 25.5 Å². The monoisotopic (exact) mass is 508 g/mol. The summed E-state index contributed by atoms with van der Waals surface area (Å²) >= 11 is 0. The van der Waals surface area contributed by atoms with Crippen LogP contribution in [0.15, 0.2) is 77.9 Å². The Morgan fingerprint density at radius 3 is 2.71 bits per heavy atom. The zero-order valence-corrected chi connectivity index (χ0v) is 21.1. The topological polar surface area (TPSA) is 112 Å². The largest absolute Gasteiger partial charge is 0.489 e. The first kappa shape index (κ1) is 23.7. The molecule has 4 aromatic heterocycles. The number of likely N-dealkylation sites (tertiary alicyclic amines) is 1. The summed E-state index contributed by atoms with van der Waals surface area (Å²) in [6.07, 6.45) is 10.9. The van der Waals surface area contributed by atoms with Gasteiger partial charge in [-0.05, 0) is 48.7 Å². The zero-order chi connectivity index (χ0) is 26.1. The van der Waals surface area contributed by atoms with Gasteiger partial charge in [0.1, 0.15) is 18.1 Å². The van der Waals surface area contributed by atoms with Gasteiger partial charge in [-0.2, -0.15) is 5.10 Å². The number of nitrogen functional groups attached to an aromatic ring is 1. The molecule has 0 spiro atoms. The number of carbonyl (C=O) groups excluding carboxylic acids is 1. The molecule has 0 bridgehead atoms. The number of hydrogen-bond acceptors (Lipinski definition) is 7. The van der Waals surface area contributed by atoms with Gasteiger partial charge in [-0.15, -0.1) is 0 Å². The fourth-order valence-corrected chi connectivity index (χ4v) is 4.92. The van der Waals surface area contributed by atoms with Crippen molar-refractivity contribution in [2.75, 3.05) is 18.8 Å². The number of aromatic nitrogens is 4. The molecule has 38 heavy (non-hydrogen) atoms. The van der Waals surface area contributed by atoms with E-state index in [0.29, 0.717) is 23.8 Å². The highest BCUT2D eigenvalue weighted by atomic mass is 16.5. The second-order valence-corrected chi connectivity index (χ2v) is 9.53. The van der Waals surface area contributed by atoms with E-state index < -0.39 is 0 Å². The van der Waals surface area contributed by atoms with Crippen molar-refractivity contribution in [2.24, 2.45) is 0 Å². The lowest BCUT2D eigenvalue weighted by atomic mass is 10.0. The molecule has 0 radical (unpaired) electrons. The Hall–Kier alpha value is -4.66. The average molecular weight is 509 g/mol. The van der Waals surface area contributed by atoms with Crippen molar-refractivity contribution in [3.63, 3.8) is 0 Å². The van der Waals surface area contributed by atoms with Crippen LogP contribution in [0.1, 0.15) is 31.4 Å². The highest BCUT2D eigenvalue weighted by Crippen LogP contribution is 2.37. The molecule has 1 fully saturated rings. The summed E-state index contributed by atoms with van der Waals surface area (Å²) in [5.41, 5.74) is 10.5. The smallest absolute Gasteiger partial charge is 0.219 e. The van der Waals surface area contributed by atoms with E-state index >= 15 is 0 Å². The van der Waals surface area contributed by atoms with Crippen molar-refractivity contribution in [3.05, 3.63) is 79.0 Å². The third kappa shape index (κ3) is 4.70. The van der Waals surface area contributed by atoms with Crippen LogP contribution >= 0.6 is 0 Å². The van der Waals surface area contributed by atoms with E-state index in [9.17, 15) is 4.79 Å². The predicted octanol–water partition coefficient (Wildman–Crippen LogP) is 5.10. The van der Waals surface area contributed by atoms with Gasteiger partial charge in [-0.25, -0.2) is 4.98 Å². The zero-order valence-electron chi connectivity index (χ0n) is 21.1. The number of nitrogens with two attached hydrogens (primary N) is 1. The van der Waals surface area contributed by atoms with E-state index in [2.05, 4.69) is 15.1 Å². The van der Waals surface area contributed by atoms with Gasteiger partial charge in [-0.1, -0.05) is 12.1 Å². The summed E-state index contributed by atoms with van der Waals surface area (Å²) < 4.78 is 14.2. The molecule has 9 heteroatoms. The minimum Gasteiger partial charge on any atom is -0.489 e. The maximum atomic E-state index is 11.7. The molecule has 9 nitrogen and oxygen atoms in total. The number of anilines is 1. The second-order valence-electron chi connectivity index (χ2n) is 9.53. The van der Waals surface area contributed by atoms with Gasteiger partial charge in [-0.3, -0.25) is 14.5 Å². The number of amides is 1. The molecule has 0 saturated carbocycles. The molecule has 2 N–H and O–H groups in total. The molecule has 0 unspecified atom stereocenters. The van der Waals surface area contributed by atoms with Crippen LogP contribution in [0.25, 0.3) is 33.4 Å². The predicted molar refractivity (Wildman–Crippen MR) is 144 cm³/mol. The normalized spacial score (nSPS) is 14.2. The molecular formula is C29H28N6O3. The molecule has 1 aliphatic rings. The van der Waals surface area contributed by atoms with E-state index in [4.69, 9.17) is 14.9 Å². The van der Waals surface area contributed by atoms with Crippen LogP contribution in [0, 0.1) is 0 Å². The number of ether oxygens (including phenoxy) is 1. The molecule has 5 aromatic rings. The highest BCUT2D eigenvalue weighted by Gasteiger charge is 2.23. The molecule has 5 heterocycles. The molecular weight excluding hydrogens is 480 g/mol. The van der Waals surface area contributed by atoms with Gasteiger partial charge in [0.25, 0.3) is 0 Å². The Labute approximate surface area is 219 Å². The van der Waals surface area contributed by atoms with Crippen LogP contribution in [-0.4, -0.2) is 43.6 Å². The van der Waals surface area contributed by atoms with Crippen LogP contribution < -0.4 is 10.5 Å². The van der Waals surface area contributed by atoms with Gasteiger partial charge in [0.15, 0.2) is 11.4 Å². The quantitative estimate of drug-likeness (QED) is 0.340. The van der Waals surface area contributed by atoms with E-state index in [-0.39, 0.29) is 11.9 Å². The van der Waals surface area contributed by atoms with E-state index in [0.717, 1.165) is 59.3 Å². The molecule has 0 aliphatic carbocycles. The molecule has 0 atom stereocenters. The third-order valence-corrected chi connectivity index (χ3v) is 7.06. The fourth-order valence-electron chi connectivity index (χ4n) is 4.92. The number of nitrogens with zero attached hydrogens (tertiary/aromatic N) is 5. The number of piperidine rings is 1. The van der Waals surface area contributed by atoms with E-state index in [1.807, 2.05) is 64.4 Å². The third-order valence-electron chi connectivity index (χ3n) is 7.06. The molecule has 1 aromatic carbocycles. The minimum absolute atomic E-state index is 0.126. The lowest BCUT2D eigenvalue weighted by molar-refractivity contribution is -0.130. The lowest BCUT2D eigenvalue weighted by Gasteiger charge is -2.31. The van der Waals surface area contributed by atoms with Crippen LogP contribution in [0.2, 0.25) is 0 Å². The Bertz CT molecular complexity index is 1580. The Kier molecular flexibility index (Phi) is 6.25. The molecule has 6 rings (SSSR count). The minimum atomic E-state index is 0.126. The summed E-state index contributed by atoms with van der Waals surface area (Å²) in [6, 6.07) is 13.9. The second kappa shape index (κ2) is 10.0. The first-order valence-corrected chi connectivity index (χ1v) is 12.7. The number of benzene rings is 1. The molecule has 1 saturated heterocycles. The maximum Gasteiger partial charge on any atom is 0.219 e. The Morgan fingerprint density at radius 1 is 1.11 bits per heavy atom. The summed E-state index contributed by atoms with van der Waals surface area (Å²) in [5, 5.41) is 5.52. The number of pyridine rings is 2. The van der Waals surface area contributed by atoms with Crippen LogP contribution in [-0.2, 0) is 11.4 Å². The highest BCUT2D eigenvalue weighted by molar-refractivity contribution is 6.00. The van der Waals surface area contributed by atoms with Gasteiger partial charge in [0.05, 0.1) is 12.2 Å². The van der Waals surface area contributed by atoms with Gasteiger partial charge in [0.2, 0.25) is 5.91 Å². The Balaban J connectivity index is 1.26. The van der Waals surface area contributed by atoms with Crippen LogP contribution in [0.4, 0.5) is 5.82 Å². The SMILES string of the molecule is CC(=O)N1CCC(n2cc(-c3cnc(N)c4oc(-c5cccc(OCc6ccncc6)c5)cc34)cn2)CC1.